The van der Waals surface area contributed by atoms with Crippen molar-refractivity contribution in [1.82, 2.24) is 4.72 Å². The molecule has 0 aromatic heterocycles. The van der Waals surface area contributed by atoms with Crippen molar-refractivity contribution in [1.29, 1.82) is 0 Å². The van der Waals surface area contributed by atoms with Crippen molar-refractivity contribution >= 4 is 10.0 Å². The Morgan fingerprint density at radius 2 is 1.80 bits per heavy atom. The molecule has 0 bridgehead atoms. The smallest absolute Gasteiger partial charge is 0.241 e. The van der Waals surface area contributed by atoms with E-state index >= 15 is 0 Å². The predicted molar refractivity (Wildman–Crippen MR) is 77.7 cm³/mol. The van der Waals surface area contributed by atoms with Crippen molar-refractivity contribution in [3.63, 3.8) is 0 Å². The number of nitrogens with two attached hydrogens (primary N) is 1. The maximum absolute atomic E-state index is 12.3. The molecule has 7 heteroatoms. The number of sulfonamides is 1. The molecule has 1 unspecified atom stereocenters. The van der Waals surface area contributed by atoms with Gasteiger partial charge < -0.3 is 15.2 Å². The number of methoxy groups -OCH3 is 2. The second kappa shape index (κ2) is 6.92. The molecule has 114 valence electrons. The van der Waals surface area contributed by atoms with E-state index in [1.165, 1.54) is 20.3 Å². The van der Waals surface area contributed by atoms with Crippen LogP contribution in [0.4, 0.5) is 0 Å². The van der Waals surface area contributed by atoms with E-state index in [4.69, 9.17) is 15.2 Å². The van der Waals surface area contributed by atoms with Gasteiger partial charge in [-0.3, -0.25) is 0 Å². The molecule has 0 spiro atoms. The summed E-state index contributed by atoms with van der Waals surface area (Å²) in [7, 11) is -0.653. The molecule has 3 N–H and O–H groups in total. The molecule has 0 aliphatic carbocycles. The summed E-state index contributed by atoms with van der Waals surface area (Å²) in [6.07, 6.45) is 0.702. The minimum atomic E-state index is -3.62. The van der Waals surface area contributed by atoms with Gasteiger partial charge in [-0.2, -0.15) is 0 Å². The molecular weight excluding hydrogens is 280 g/mol. The van der Waals surface area contributed by atoms with Crippen molar-refractivity contribution in [2.24, 2.45) is 5.73 Å². The van der Waals surface area contributed by atoms with Crippen LogP contribution in [0.15, 0.2) is 17.0 Å². The third kappa shape index (κ3) is 3.84. The van der Waals surface area contributed by atoms with Gasteiger partial charge in [0.05, 0.1) is 19.1 Å². The van der Waals surface area contributed by atoms with Gasteiger partial charge in [0.2, 0.25) is 10.0 Å². The SMILES string of the molecule is CCC(N)CNS(=O)(=O)c1cc(OC)c(OC)cc1C. The minimum absolute atomic E-state index is 0.165. The number of hydrogen-bond donors (Lipinski definition) is 2. The van der Waals surface area contributed by atoms with Gasteiger partial charge in [0.25, 0.3) is 0 Å². The third-order valence-corrected chi connectivity index (χ3v) is 4.60. The van der Waals surface area contributed by atoms with Crippen molar-refractivity contribution < 1.29 is 17.9 Å². The van der Waals surface area contributed by atoms with Crippen LogP contribution in [0.25, 0.3) is 0 Å². The number of benzene rings is 1. The van der Waals surface area contributed by atoms with Crippen LogP contribution in [0.1, 0.15) is 18.9 Å². The number of nitrogens with one attached hydrogen (secondary N) is 1. The van der Waals surface area contributed by atoms with E-state index in [1.54, 1.807) is 13.0 Å². The van der Waals surface area contributed by atoms with Crippen LogP contribution in [-0.2, 0) is 10.0 Å². The highest BCUT2D eigenvalue weighted by molar-refractivity contribution is 7.89. The molecule has 0 heterocycles. The van der Waals surface area contributed by atoms with E-state index in [9.17, 15) is 8.42 Å². The predicted octanol–water partition coefficient (Wildman–Crippen LogP) is 1.03. The zero-order valence-electron chi connectivity index (χ0n) is 12.3. The first-order valence-electron chi connectivity index (χ1n) is 6.33. The maximum atomic E-state index is 12.3. The van der Waals surface area contributed by atoms with E-state index in [2.05, 4.69) is 4.72 Å². The van der Waals surface area contributed by atoms with Gasteiger partial charge in [0.1, 0.15) is 0 Å². The number of rotatable bonds is 7. The first-order chi connectivity index (χ1) is 9.35. The Hall–Kier alpha value is -1.31. The molecule has 0 aliphatic heterocycles. The summed E-state index contributed by atoms with van der Waals surface area (Å²) < 4.78 is 37.3. The fourth-order valence-electron chi connectivity index (χ4n) is 1.69. The zero-order valence-corrected chi connectivity index (χ0v) is 13.1. The Labute approximate surface area is 120 Å². The van der Waals surface area contributed by atoms with Gasteiger partial charge in [0, 0.05) is 18.7 Å². The highest BCUT2D eigenvalue weighted by Crippen LogP contribution is 2.32. The Kier molecular flexibility index (Phi) is 5.79. The monoisotopic (exact) mass is 302 g/mol. The summed E-state index contributed by atoms with van der Waals surface area (Å²) in [5.74, 6) is 0.868. The fraction of sp³-hybridized carbons (Fsp3) is 0.538. The molecular formula is C13H22N2O4S. The lowest BCUT2D eigenvalue weighted by Crippen LogP contribution is -2.36. The van der Waals surface area contributed by atoms with Crippen LogP contribution in [0.3, 0.4) is 0 Å². The van der Waals surface area contributed by atoms with E-state index in [-0.39, 0.29) is 17.5 Å². The second-order valence-electron chi connectivity index (χ2n) is 4.49. The van der Waals surface area contributed by atoms with E-state index in [0.29, 0.717) is 23.5 Å². The summed E-state index contributed by atoms with van der Waals surface area (Å²) in [5, 5.41) is 0. The Morgan fingerprint density at radius 1 is 1.25 bits per heavy atom. The van der Waals surface area contributed by atoms with Crippen molar-refractivity contribution in [2.45, 2.75) is 31.2 Å². The minimum Gasteiger partial charge on any atom is -0.493 e. The molecule has 1 aromatic rings. The quantitative estimate of drug-likeness (QED) is 0.785. The van der Waals surface area contributed by atoms with Crippen molar-refractivity contribution in [3.05, 3.63) is 17.7 Å². The largest absolute Gasteiger partial charge is 0.493 e. The Bertz CT molecular complexity index is 558. The summed E-state index contributed by atoms with van der Waals surface area (Å²) in [6.45, 7) is 3.81. The lowest BCUT2D eigenvalue weighted by atomic mass is 10.2. The molecule has 0 saturated carbocycles. The Balaban J connectivity index is 3.12. The van der Waals surface area contributed by atoms with Crippen LogP contribution in [0, 0.1) is 6.92 Å². The molecule has 0 fully saturated rings. The van der Waals surface area contributed by atoms with Crippen LogP contribution in [-0.4, -0.2) is 35.2 Å². The molecule has 0 radical (unpaired) electrons. The summed E-state index contributed by atoms with van der Waals surface area (Å²) in [4.78, 5) is 0.165. The van der Waals surface area contributed by atoms with Gasteiger partial charge in [-0.1, -0.05) is 6.92 Å². The van der Waals surface area contributed by atoms with Gasteiger partial charge in [-0.05, 0) is 25.0 Å². The molecule has 6 nitrogen and oxygen atoms in total. The van der Waals surface area contributed by atoms with Crippen LogP contribution >= 0.6 is 0 Å². The second-order valence-corrected chi connectivity index (χ2v) is 6.23. The molecule has 1 aromatic carbocycles. The number of ether oxygens (including phenoxy) is 2. The highest BCUT2D eigenvalue weighted by atomic mass is 32.2. The average molecular weight is 302 g/mol. The number of hydrogen-bond acceptors (Lipinski definition) is 5. The summed E-state index contributed by atoms with van der Waals surface area (Å²) >= 11 is 0. The lowest BCUT2D eigenvalue weighted by molar-refractivity contribution is 0.353. The van der Waals surface area contributed by atoms with E-state index in [0.717, 1.165) is 0 Å². The first kappa shape index (κ1) is 16.7. The van der Waals surface area contributed by atoms with Crippen LogP contribution in [0.2, 0.25) is 0 Å². The van der Waals surface area contributed by atoms with Crippen LogP contribution < -0.4 is 19.9 Å². The fourth-order valence-corrected chi connectivity index (χ4v) is 3.02. The normalized spacial score (nSPS) is 13.1. The topological polar surface area (TPSA) is 90.7 Å². The molecule has 20 heavy (non-hydrogen) atoms. The molecule has 1 rings (SSSR count). The third-order valence-electron chi connectivity index (χ3n) is 3.03. The lowest BCUT2D eigenvalue weighted by Gasteiger charge is -2.15. The van der Waals surface area contributed by atoms with Gasteiger partial charge in [-0.15, -0.1) is 0 Å². The highest BCUT2D eigenvalue weighted by Gasteiger charge is 2.20. The first-order valence-corrected chi connectivity index (χ1v) is 7.81. The van der Waals surface area contributed by atoms with Crippen molar-refractivity contribution in [3.8, 4) is 11.5 Å². The van der Waals surface area contributed by atoms with Gasteiger partial charge >= 0.3 is 0 Å². The van der Waals surface area contributed by atoms with E-state index in [1.807, 2.05) is 6.92 Å². The molecule has 0 amide bonds. The summed E-state index contributed by atoms with van der Waals surface area (Å²) in [5.41, 5.74) is 6.31. The van der Waals surface area contributed by atoms with Crippen molar-refractivity contribution in [2.75, 3.05) is 20.8 Å². The Morgan fingerprint density at radius 3 is 2.30 bits per heavy atom. The van der Waals surface area contributed by atoms with Gasteiger partial charge in [-0.25, -0.2) is 13.1 Å². The molecule has 0 aliphatic rings. The van der Waals surface area contributed by atoms with Gasteiger partial charge in [0.15, 0.2) is 11.5 Å². The van der Waals surface area contributed by atoms with Crippen LogP contribution in [0.5, 0.6) is 11.5 Å². The number of aryl methyl sites for hydroxylation is 1. The molecule has 0 saturated heterocycles. The van der Waals surface area contributed by atoms with E-state index < -0.39 is 10.0 Å². The summed E-state index contributed by atoms with van der Waals surface area (Å²) in [6, 6.07) is 2.88. The molecule has 1 atom stereocenters. The standard InChI is InChI=1S/C13H22N2O4S/c1-5-10(14)8-15-20(16,17)13-7-12(19-4)11(18-3)6-9(13)2/h6-7,10,15H,5,8,14H2,1-4H3. The average Bonchev–Trinajstić information content (AvgIpc) is 2.44. The maximum Gasteiger partial charge on any atom is 0.241 e. The zero-order chi connectivity index (χ0) is 15.3.